The van der Waals surface area contributed by atoms with Crippen LogP contribution < -0.4 is 20.7 Å². The van der Waals surface area contributed by atoms with E-state index in [1.165, 1.54) is 0 Å². The van der Waals surface area contributed by atoms with Crippen LogP contribution in [-0.2, 0) is 14.3 Å². The highest BCUT2D eigenvalue weighted by molar-refractivity contribution is 5.94. The number of carbonyl (C=O) groups excluding carboxylic acids is 2. The first-order chi connectivity index (χ1) is 10.7. The van der Waals surface area contributed by atoms with E-state index in [1.54, 1.807) is 31.4 Å². The summed E-state index contributed by atoms with van der Waals surface area (Å²) in [4.78, 5) is 23.2. The molecule has 0 aliphatic rings. The maximum atomic E-state index is 11.7. The lowest BCUT2D eigenvalue weighted by atomic mass is 10.3. The van der Waals surface area contributed by atoms with E-state index in [4.69, 9.17) is 9.47 Å². The summed E-state index contributed by atoms with van der Waals surface area (Å²) in [5.41, 5.74) is 0.654. The predicted octanol–water partition coefficient (Wildman–Crippen LogP) is 0.798. The normalized spacial score (nSPS) is 9.65. The molecule has 3 N–H and O–H groups in total. The second-order valence-electron chi connectivity index (χ2n) is 4.45. The predicted molar refractivity (Wildman–Crippen MR) is 91.2 cm³/mol. The van der Waals surface area contributed by atoms with Crippen molar-refractivity contribution in [3.05, 3.63) is 24.3 Å². The van der Waals surface area contributed by atoms with Crippen molar-refractivity contribution in [2.45, 2.75) is 6.92 Å². The van der Waals surface area contributed by atoms with Gasteiger partial charge in [0.15, 0.2) is 0 Å². The molecule has 8 heteroatoms. The summed E-state index contributed by atoms with van der Waals surface area (Å²) in [6.45, 7) is 3.70. The molecule has 1 aromatic rings. The third-order valence-corrected chi connectivity index (χ3v) is 2.66. The first kappa shape index (κ1) is 21.2. The number of ether oxygens (including phenoxy) is 2. The number of amides is 2. The van der Waals surface area contributed by atoms with Crippen LogP contribution in [0.25, 0.3) is 0 Å². The van der Waals surface area contributed by atoms with Gasteiger partial charge < -0.3 is 25.4 Å². The summed E-state index contributed by atoms with van der Waals surface area (Å²) >= 11 is 0. The molecule has 7 nitrogen and oxygen atoms in total. The average molecular weight is 346 g/mol. The van der Waals surface area contributed by atoms with Crippen molar-refractivity contribution in [3.8, 4) is 5.75 Å². The molecule has 0 fully saturated rings. The van der Waals surface area contributed by atoms with E-state index in [-0.39, 0.29) is 37.3 Å². The minimum absolute atomic E-state index is 0. The van der Waals surface area contributed by atoms with Crippen LogP contribution >= 0.6 is 12.4 Å². The first-order valence-corrected chi connectivity index (χ1v) is 7.14. The zero-order valence-corrected chi connectivity index (χ0v) is 14.2. The minimum atomic E-state index is -0.283. The van der Waals surface area contributed by atoms with Gasteiger partial charge in [-0.05, 0) is 31.2 Å². The smallest absolute Gasteiger partial charge is 0.243 e. The van der Waals surface area contributed by atoms with Gasteiger partial charge in [-0.1, -0.05) is 0 Å². The lowest BCUT2D eigenvalue weighted by Crippen LogP contribution is -2.39. The van der Waals surface area contributed by atoms with Gasteiger partial charge in [-0.2, -0.15) is 0 Å². The lowest BCUT2D eigenvalue weighted by Gasteiger charge is -2.08. The number of hydrogen-bond acceptors (Lipinski definition) is 5. The van der Waals surface area contributed by atoms with Crippen LogP contribution in [0.4, 0.5) is 5.69 Å². The Morgan fingerprint density at radius 2 is 1.78 bits per heavy atom. The van der Waals surface area contributed by atoms with Gasteiger partial charge in [-0.15, -0.1) is 12.4 Å². The molecular formula is C15H24ClN3O4. The Bertz CT molecular complexity index is 468. The van der Waals surface area contributed by atoms with E-state index in [0.29, 0.717) is 25.4 Å². The van der Waals surface area contributed by atoms with E-state index in [1.807, 2.05) is 6.92 Å². The SMILES string of the molecule is CCOc1ccc(NC(=O)CNC(=O)CNCCOC)cc1.Cl. The Labute approximate surface area is 142 Å². The molecule has 0 saturated carbocycles. The highest BCUT2D eigenvalue weighted by Crippen LogP contribution is 2.15. The molecule has 1 rings (SSSR count). The van der Waals surface area contributed by atoms with E-state index >= 15 is 0 Å². The summed E-state index contributed by atoms with van der Waals surface area (Å²) in [6.07, 6.45) is 0. The Kier molecular flexibility index (Phi) is 11.7. The van der Waals surface area contributed by atoms with Crippen LogP contribution in [0.2, 0.25) is 0 Å². The number of nitrogens with one attached hydrogen (secondary N) is 3. The molecule has 1 aromatic carbocycles. The van der Waals surface area contributed by atoms with Crippen LogP contribution in [-0.4, -0.2) is 51.8 Å². The molecule has 23 heavy (non-hydrogen) atoms. The number of hydrogen-bond donors (Lipinski definition) is 3. The number of methoxy groups -OCH3 is 1. The van der Waals surface area contributed by atoms with E-state index in [0.717, 1.165) is 5.75 Å². The van der Waals surface area contributed by atoms with Crippen molar-refractivity contribution < 1.29 is 19.1 Å². The number of halogens is 1. The van der Waals surface area contributed by atoms with Crippen LogP contribution in [0.3, 0.4) is 0 Å². The van der Waals surface area contributed by atoms with Gasteiger partial charge >= 0.3 is 0 Å². The number of anilines is 1. The van der Waals surface area contributed by atoms with Crippen LogP contribution in [0.15, 0.2) is 24.3 Å². The second kappa shape index (κ2) is 12.7. The van der Waals surface area contributed by atoms with Crippen molar-refractivity contribution >= 4 is 29.9 Å². The molecule has 0 radical (unpaired) electrons. The largest absolute Gasteiger partial charge is 0.494 e. The van der Waals surface area contributed by atoms with Gasteiger partial charge in [-0.25, -0.2) is 0 Å². The fraction of sp³-hybridized carbons (Fsp3) is 0.467. The summed E-state index contributed by atoms with van der Waals surface area (Å²) in [6, 6.07) is 7.04. The Hall–Kier alpha value is -1.83. The Morgan fingerprint density at radius 3 is 2.39 bits per heavy atom. The molecule has 0 aromatic heterocycles. The third-order valence-electron chi connectivity index (χ3n) is 2.66. The van der Waals surface area contributed by atoms with Gasteiger partial charge in [0.2, 0.25) is 11.8 Å². The Balaban J connectivity index is 0.00000484. The molecular weight excluding hydrogens is 322 g/mol. The van der Waals surface area contributed by atoms with Crippen LogP contribution in [0.1, 0.15) is 6.92 Å². The molecule has 0 aliphatic heterocycles. The van der Waals surface area contributed by atoms with Crippen molar-refractivity contribution in [3.63, 3.8) is 0 Å². The van der Waals surface area contributed by atoms with E-state index < -0.39 is 0 Å². The quantitative estimate of drug-likeness (QED) is 0.546. The third kappa shape index (κ3) is 9.72. The van der Waals surface area contributed by atoms with Gasteiger partial charge in [-0.3, -0.25) is 9.59 Å². The summed E-state index contributed by atoms with van der Waals surface area (Å²) < 4.78 is 10.2. The second-order valence-corrected chi connectivity index (χ2v) is 4.45. The molecule has 0 atom stereocenters. The van der Waals surface area contributed by atoms with Crippen LogP contribution in [0, 0.1) is 0 Å². The van der Waals surface area contributed by atoms with E-state index in [9.17, 15) is 9.59 Å². The molecule has 0 aliphatic carbocycles. The molecule has 0 saturated heterocycles. The molecule has 2 amide bonds. The number of rotatable bonds is 10. The van der Waals surface area contributed by atoms with Crippen molar-refractivity contribution in [2.24, 2.45) is 0 Å². The lowest BCUT2D eigenvalue weighted by molar-refractivity contribution is -0.123. The van der Waals surface area contributed by atoms with Crippen LogP contribution in [0.5, 0.6) is 5.75 Å². The summed E-state index contributed by atoms with van der Waals surface area (Å²) in [5.74, 6) is 0.225. The zero-order valence-electron chi connectivity index (χ0n) is 13.4. The molecule has 0 unspecified atom stereocenters. The molecule has 130 valence electrons. The molecule has 0 spiro atoms. The van der Waals surface area contributed by atoms with Gasteiger partial charge in [0.1, 0.15) is 5.75 Å². The van der Waals surface area contributed by atoms with E-state index in [2.05, 4.69) is 16.0 Å². The zero-order chi connectivity index (χ0) is 16.2. The fourth-order valence-electron chi connectivity index (χ4n) is 1.62. The maximum absolute atomic E-state index is 11.7. The standard InChI is InChI=1S/C15H23N3O4.ClH/c1-3-22-13-6-4-12(5-7-13)18-15(20)11-17-14(19)10-16-8-9-21-2;/h4-7,16H,3,8-11H2,1-2H3,(H,17,19)(H,18,20);1H. The molecule has 0 bridgehead atoms. The Morgan fingerprint density at radius 1 is 1.09 bits per heavy atom. The first-order valence-electron chi connectivity index (χ1n) is 7.14. The summed E-state index contributed by atoms with van der Waals surface area (Å²) in [5, 5.41) is 8.12. The monoisotopic (exact) mass is 345 g/mol. The van der Waals surface area contributed by atoms with Crippen molar-refractivity contribution in [1.29, 1.82) is 0 Å². The van der Waals surface area contributed by atoms with Crippen molar-refractivity contribution in [1.82, 2.24) is 10.6 Å². The number of carbonyl (C=O) groups is 2. The maximum Gasteiger partial charge on any atom is 0.243 e. The average Bonchev–Trinajstić information content (AvgIpc) is 2.52. The fourth-order valence-corrected chi connectivity index (χ4v) is 1.62. The summed E-state index contributed by atoms with van der Waals surface area (Å²) in [7, 11) is 1.59. The number of benzene rings is 1. The molecule has 0 heterocycles. The van der Waals surface area contributed by atoms with Gasteiger partial charge in [0.05, 0.1) is 26.3 Å². The highest BCUT2D eigenvalue weighted by atomic mass is 35.5. The minimum Gasteiger partial charge on any atom is -0.494 e. The highest BCUT2D eigenvalue weighted by Gasteiger charge is 2.05. The topological polar surface area (TPSA) is 88.7 Å². The van der Waals surface area contributed by atoms with Crippen molar-refractivity contribution in [2.75, 3.05) is 45.3 Å². The van der Waals surface area contributed by atoms with Gasteiger partial charge in [0.25, 0.3) is 0 Å². The van der Waals surface area contributed by atoms with Gasteiger partial charge in [0, 0.05) is 19.3 Å².